The van der Waals surface area contributed by atoms with Crippen LogP contribution in [-0.4, -0.2) is 22.1 Å². The highest BCUT2D eigenvalue weighted by molar-refractivity contribution is 5.92. The Hall–Kier alpha value is -2.50. The maximum atomic E-state index is 11.5. The van der Waals surface area contributed by atoms with Gasteiger partial charge in [-0.3, -0.25) is 9.78 Å². The van der Waals surface area contributed by atoms with Crippen molar-refractivity contribution in [1.29, 1.82) is 0 Å². The van der Waals surface area contributed by atoms with E-state index in [1.807, 2.05) is 13.0 Å². The molecule has 6 heteroatoms. The van der Waals surface area contributed by atoms with Crippen LogP contribution in [0.3, 0.4) is 0 Å². The number of hydrazone groups is 1. The van der Waals surface area contributed by atoms with Gasteiger partial charge in [0.25, 0.3) is 5.91 Å². The molecule has 0 aliphatic carbocycles. The number of aromatic nitrogens is 2. The zero-order valence-corrected chi connectivity index (χ0v) is 9.12. The number of carbonyl (C=O) groups is 1. The zero-order chi connectivity index (χ0) is 12.1. The SMILES string of the molecule is Cc1ccc(/C=N\NC(=O)c2cnccn2)o1. The molecule has 0 aromatic carbocycles. The number of carbonyl (C=O) groups excluding carboxylic acids is 1. The van der Waals surface area contributed by atoms with Crippen LogP contribution in [0.2, 0.25) is 0 Å². The Bertz CT molecular complexity index is 533. The lowest BCUT2D eigenvalue weighted by molar-refractivity contribution is 0.0949. The maximum absolute atomic E-state index is 11.5. The molecule has 1 N–H and O–H groups in total. The van der Waals surface area contributed by atoms with Gasteiger partial charge in [0.15, 0.2) is 0 Å². The predicted molar refractivity (Wildman–Crippen MR) is 60.5 cm³/mol. The normalized spacial score (nSPS) is 10.6. The molecule has 2 rings (SSSR count). The second kappa shape index (κ2) is 5.02. The largest absolute Gasteiger partial charge is 0.460 e. The summed E-state index contributed by atoms with van der Waals surface area (Å²) in [6.07, 6.45) is 5.71. The van der Waals surface area contributed by atoms with Crippen molar-refractivity contribution in [3.63, 3.8) is 0 Å². The third-order valence-electron chi connectivity index (χ3n) is 1.91. The Morgan fingerprint density at radius 1 is 1.47 bits per heavy atom. The Labute approximate surface area is 97.4 Å². The standard InChI is InChI=1S/C11H10N4O2/c1-8-2-3-9(17-8)6-14-15-11(16)10-7-12-4-5-13-10/h2-7H,1H3,(H,15,16)/b14-6-. The number of rotatable bonds is 3. The fourth-order valence-corrected chi connectivity index (χ4v) is 1.15. The Balaban J connectivity index is 1.95. The van der Waals surface area contributed by atoms with Crippen LogP contribution in [0.25, 0.3) is 0 Å². The van der Waals surface area contributed by atoms with E-state index in [1.165, 1.54) is 24.8 Å². The van der Waals surface area contributed by atoms with E-state index in [-0.39, 0.29) is 5.69 Å². The second-order valence-electron chi connectivity index (χ2n) is 3.24. The van der Waals surface area contributed by atoms with Gasteiger partial charge in [-0.25, -0.2) is 10.4 Å². The van der Waals surface area contributed by atoms with E-state index in [0.717, 1.165) is 5.76 Å². The molecule has 0 fully saturated rings. The van der Waals surface area contributed by atoms with Gasteiger partial charge in [-0.15, -0.1) is 0 Å². The third-order valence-corrected chi connectivity index (χ3v) is 1.91. The van der Waals surface area contributed by atoms with E-state index in [4.69, 9.17) is 4.42 Å². The van der Waals surface area contributed by atoms with Crippen LogP contribution < -0.4 is 5.43 Å². The van der Waals surface area contributed by atoms with E-state index < -0.39 is 5.91 Å². The molecule has 2 heterocycles. The minimum atomic E-state index is -0.419. The Morgan fingerprint density at radius 3 is 3.00 bits per heavy atom. The summed E-state index contributed by atoms with van der Waals surface area (Å²) in [6.45, 7) is 1.83. The van der Waals surface area contributed by atoms with Gasteiger partial charge in [0.05, 0.1) is 12.4 Å². The first-order chi connectivity index (χ1) is 8.25. The van der Waals surface area contributed by atoms with Crippen molar-refractivity contribution in [1.82, 2.24) is 15.4 Å². The van der Waals surface area contributed by atoms with Crippen molar-refractivity contribution in [2.45, 2.75) is 6.92 Å². The predicted octanol–water partition coefficient (Wildman–Crippen LogP) is 1.14. The molecule has 17 heavy (non-hydrogen) atoms. The number of furan rings is 1. The fraction of sp³-hybridized carbons (Fsp3) is 0.0909. The molecule has 0 bridgehead atoms. The number of nitrogens with one attached hydrogen (secondary N) is 1. The average molecular weight is 230 g/mol. The number of aryl methyl sites for hydroxylation is 1. The molecule has 0 saturated carbocycles. The monoisotopic (exact) mass is 230 g/mol. The third kappa shape index (κ3) is 2.97. The summed E-state index contributed by atoms with van der Waals surface area (Å²) in [7, 11) is 0. The molecule has 2 aromatic rings. The van der Waals surface area contributed by atoms with Gasteiger partial charge in [-0.2, -0.15) is 5.10 Å². The molecular weight excluding hydrogens is 220 g/mol. The van der Waals surface area contributed by atoms with E-state index in [1.54, 1.807) is 6.07 Å². The molecule has 0 aliphatic rings. The first-order valence-electron chi connectivity index (χ1n) is 4.91. The van der Waals surface area contributed by atoms with Crippen molar-refractivity contribution in [2.24, 2.45) is 5.10 Å². The summed E-state index contributed by atoms with van der Waals surface area (Å²) < 4.78 is 5.24. The number of nitrogens with zero attached hydrogens (tertiary/aromatic N) is 3. The Kier molecular flexibility index (Phi) is 3.25. The summed E-state index contributed by atoms with van der Waals surface area (Å²) in [5.74, 6) is 0.936. The van der Waals surface area contributed by atoms with Crippen molar-refractivity contribution < 1.29 is 9.21 Å². The highest BCUT2D eigenvalue weighted by atomic mass is 16.3. The molecule has 0 spiro atoms. The van der Waals surface area contributed by atoms with Crippen LogP contribution in [0.15, 0.2) is 40.2 Å². The van der Waals surface area contributed by atoms with Gasteiger partial charge in [0.2, 0.25) is 0 Å². The summed E-state index contributed by atoms with van der Waals surface area (Å²) in [5.41, 5.74) is 2.53. The van der Waals surface area contributed by atoms with Gasteiger partial charge < -0.3 is 4.42 Å². The van der Waals surface area contributed by atoms with Crippen molar-refractivity contribution in [2.75, 3.05) is 0 Å². The molecule has 2 aromatic heterocycles. The molecule has 86 valence electrons. The van der Waals surface area contributed by atoms with Crippen LogP contribution in [-0.2, 0) is 0 Å². The molecule has 6 nitrogen and oxygen atoms in total. The zero-order valence-electron chi connectivity index (χ0n) is 9.12. The van der Waals surface area contributed by atoms with Crippen molar-refractivity contribution >= 4 is 12.1 Å². The second-order valence-corrected chi connectivity index (χ2v) is 3.24. The minimum Gasteiger partial charge on any atom is -0.460 e. The molecular formula is C11H10N4O2. The van der Waals surface area contributed by atoms with Gasteiger partial charge in [0.1, 0.15) is 17.2 Å². The lowest BCUT2D eigenvalue weighted by Gasteiger charge is -1.96. The van der Waals surface area contributed by atoms with E-state index in [0.29, 0.717) is 5.76 Å². The molecule has 0 saturated heterocycles. The van der Waals surface area contributed by atoms with Gasteiger partial charge in [-0.05, 0) is 19.1 Å². The van der Waals surface area contributed by atoms with Crippen LogP contribution in [0.1, 0.15) is 22.0 Å². The summed E-state index contributed by atoms with van der Waals surface area (Å²) in [6, 6.07) is 3.57. The van der Waals surface area contributed by atoms with Gasteiger partial charge >= 0.3 is 0 Å². The van der Waals surface area contributed by atoms with Gasteiger partial charge in [0, 0.05) is 12.4 Å². The first-order valence-corrected chi connectivity index (χ1v) is 4.91. The van der Waals surface area contributed by atoms with E-state index in [9.17, 15) is 4.79 Å². The highest BCUT2D eigenvalue weighted by Gasteiger charge is 2.04. The summed E-state index contributed by atoms with van der Waals surface area (Å²) >= 11 is 0. The van der Waals surface area contributed by atoms with Crippen LogP contribution >= 0.6 is 0 Å². The Morgan fingerprint density at radius 2 is 2.35 bits per heavy atom. The molecule has 0 unspecified atom stereocenters. The number of hydrogen-bond donors (Lipinski definition) is 1. The van der Waals surface area contributed by atoms with Crippen LogP contribution in [0, 0.1) is 6.92 Å². The fourth-order valence-electron chi connectivity index (χ4n) is 1.15. The first kappa shape index (κ1) is 11.0. The molecule has 0 atom stereocenters. The lowest BCUT2D eigenvalue weighted by atomic mass is 10.4. The topological polar surface area (TPSA) is 80.4 Å². The maximum Gasteiger partial charge on any atom is 0.291 e. The molecule has 0 radical (unpaired) electrons. The van der Waals surface area contributed by atoms with E-state index >= 15 is 0 Å². The lowest BCUT2D eigenvalue weighted by Crippen LogP contribution is -2.18. The summed E-state index contributed by atoms with van der Waals surface area (Å²) in [4.78, 5) is 19.1. The van der Waals surface area contributed by atoms with E-state index in [2.05, 4.69) is 20.5 Å². The van der Waals surface area contributed by atoms with Crippen LogP contribution in [0.5, 0.6) is 0 Å². The van der Waals surface area contributed by atoms with Crippen molar-refractivity contribution in [3.8, 4) is 0 Å². The van der Waals surface area contributed by atoms with Gasteiger partial charge in [-0.1, -0.05) is 0 Å². The number of amides is 1. The van der Waals surface area contributed by atoms with Crippen molar-refractivity contribution in [3.05, 3.63) is 47.9 Å². The molecule has 0 aliphatic heterocycles. The highest BCUT2D eigenvalue weighted by Crippen LogP contribution is 2.02. The smallest absolute Gasteiger partial charge is 0.291 e. The number of hydrogen-bond acceptors (Lipinski definition) is 5. The molecule has 1 amide bonds. The quantitative estimate of drug-likeness (QED) is 0.633. The minimum absolute atomic E-state index is 0.209. The summed E-state index contributed by atoms with van der Waals surface area (Å²) in [5, 5.41) is 3.75. The average Bonchev–Trinajstić information content (AvgIpc) is 2.76. The van der Waals surface area contributed by atoms with Crippen LogP contribution in [0.4, 0.5) is 0 Å².